The zero-order valence-electron chi connectivity index (χ0n) is 14.3. The molecule has 1 atom stereocenters. The van der Waals surface area contributed by atoms with Crippen LogP contribution in [0.15, 0.2) is 36.4 Å². The normalized spacial score (nSPS) is 17.8. The third kappa shape index (κ3) is 3.97. The maximum absolute atomic E-state index is 12.4. The van der Waals surface area contributed by atoms with Gasteiger partial charge in [0.05, 0.1) is 6.04 Å². The van der Waals surface area contributed by atoms with E-state index >= 15 is 0 Å². The second kappa shape index (κ2) is 7.53. The Balaban J connectivity index is 1.65. The molecule has 0 radical (unpaired) electrons. The lowest BCUT2D eigenvalue weighted by Gasteiger charge is -2.18. The summed E-state index contributed by atoms with van der Waals surface area (Å²) in [6, 6.07) is 12.1. The van der Waals surface area contributed by atoms with Crippen LogP contribution in [0.3, 0.4) is 0 Å². The molecule has 0 spiro atoms. The molecule has 2 heterocycles. The molecular formula is C19H24N4O. The highest BCUT2D eigenvalue weighted by atomic mass is 16.1. The summed E-state index contributed by atoms with van der Waals surface area (Å²) in [5.74, 6) is 0.640. The van der Waals surface area contributed by atoms with E-state index in [2.05, 4.69) is 39.4 Å². The quantitative estimate of drug-likeness (QED) is 0.918. The Morgan fingerprint density at radius 3 is 2.79 bits per heavy atom. The molecule has 5 nitrogen and oxygen atoms in total. The van der Waals surface area contributed by atoms with E-state index in [1.165, 1.54) is 5.56 Å². The van der Waals surface area contributed by atoms with Crippen molar-refractivity contribution >= 4 is 5.91 Å². The summed E-state index contributed by atoms with van der Waals surface area (Å²) in [4.78, 5) is 23.7. The molecule has 1 fully saturated rings. The summed E-state index contributed by atoms with van der Waals surface area (Å²) in [5.41, 5.74) is 2.52. The van der Waals surface area contributed by atoms with E-state index in [0.29, 0.717) is 12.2 Å². The third-order valence-electron chi connectivity index (χ3n) is 4.46. The highest BCUT2D eigenvalue weighted by Gasteiger charge is 2.26. The molecule has 1 saturated heterocycles. The number of hydrogen-bond acceptors (Lipinski definition) is 4. The van der Waals surface area contributed by atoms with Gasteiger partial charge in [-0.3, -0.25) is 9.69 Å². The second-order valence-electron chi connectivity index (χ2n) is 6.38. The van der Waals surface area contributed by atoms with Crippen LogP contribution in [-0.4, -0.2) is 40.9 Å². The molecule has 1 aromatic heterocycles. The molecule has 1 amide bonds. The number of nitrogens with one attached hydrogen (secondary N) is 1. The van der Waals surface area contributed by atoms with Crippen molar-refractivity contribution in [2.45, 2.75) is 32.2 Å². The van der Waals surface area contributed by atoms with Gasteiger partial charge in [-0.05, 0) is 51.4 Å². The van der Waals surface area contributed by atoms with E-state index in [4.69, 9.17) is 0 Å². The van der Waals surface area contributed by atoms with Crippen molar-refractivity contribution in [2.24, 2.45) is 0 Å². The van der Waals surface area contributed by atoms with Gasteiger partial charge in [-0.2, -0.15) is 0 Å². The molecule has 0 aliphatic carbocycles. The third-order valence-corrected chi connectivity index (χ3v) is 4.46. The highest BCUT2D eigenvalue weighted by molar-refractivity contribution is 5.92. The van der Waals surface area contributed by atoms with E-state index < -0.39 is 0 Å². The maximum atomic E-state index is 12.4. The van der Waals surface area contributed by atoms with Gasteiger partial charge in [0.2, 0.25) is 0 Å². The van der Waals surface area contributed by atoms with Crippen LogP contribution in [0.25, 0.3) is 0 Å². The monoisotopic (exact) mass is 324 g/mol. The van der Waals surface area contributed by atoms with Crippen molar-refractivity contribution in [2.75, 3.05) is 20.1 Å². The van der Waals surface area contributed by atoms with Gasteiger partial charge in [0.1, 0.15) is 11.5 Å². The first-order valence-corrected chi connectivity index (χ1v) is 8.51. The Kier molecular flexibility index (Phi) is 5.20. The maximum Gasteiger partial charge on any atom is 0.270 e. The number of carbonyl (C=O) groups excluding carboxylic acids is 1. The van der Waals surface area contributed by atoms with Crippen LogP contribution < -0.4 is 5.32 Å². The standard InChI is InChI=1S/C19H24N4O/c1-14-13-16(22-18(21-14)17-9-6-12-23(17)2)19(24)20-11-10-15-7-4-3-5-8-15/h3-5,7-8,13,17H,6,9-12H2,1-2H3,(H,20,24). The summed E-state index contributed by atoms with van der Waals surface area (Å²) >= 11 is 0. The van der Waals surface area contributed by atoms with Crippen molar-refractivity contribution < 1.29 is 4.79 Å². The SMILES string of the molecule is Cc1cc(C(=O)NCCc2ccccc2)nc(C2CCCN2C)n1. The molecule has 1 unspecified atom stereocenters. The molecule has 1 aliphatic heterocycles. The number of hydrogen-bond donors (Lipinski definition) is 1. The fraction of sp³-hybridized carbons (Fsp3) is 0.421. The Labute approximate surface area is 143 Å². The molecule has 1 aromatic carbocycles. The largest absolute Gasteiger partial charge is 0.350 e. The molecule has 5 heteroatoms. The van der Waals surface area contributed by atoms with Crippen LogP contribution in [0.2, 0.25) is 0 Å². The smallest absolute Gasteiger partial charge is 0.270 e. The zero-order valence-corrected chi connectivity index (χ0v) is 14.3. The van der Waals surface area contributed by atoms with E-state index in [1.807, 2.05) is 25.1 Å². The molecule has 126 valence electrons. The van der Waals surface area contributed by atoms with Crippen molar-refractivity contribution in [3.63, 3.8) is 0 Å². The predicted octanol–water partition coefficient (Wildman–Crippen LogP) is 2.52. The Bertz CT molecular complexity index is 702. The van der Waals surface area contributed by atoms with Crippen molar-refractivity contribution in [1.82, 2.24) is 20.2 Å². The van der Waals surface area contributed by atoms with E-state index in [9.17, 15) is 4.79 Å². The first-order chi connectivity index (χ1) is 11.6. The van der Waals surface area contributed by atoms with Crippen LogP contribution >= 0.6 is 0 Å². The van der Waals surface area contributed by atoms with Gasteiger partial charge in [-0.15, -0.1) is 0 Å². The predicted molar refractivity (Wildman–Crippen MR) is 93.9 cm³/mol. The second-order valence-corrected chi connectivity index (χ2v) is 6.38. The van der Waals surface area contributed by atoms with E-state index in [-0.39, 0.29) is 11.9 Å². The van der Waals surface area contributed by atoms with Crippen LogP contribution in [0.5, 0.6) is 0 Å². The minimum Gasteiger partial charge on any atom is -0.350 e. The van der Waals surface area contributed by atoms with Gasteiger partial charge >= 0.3 is 0 Å². The first kappa shape index (κ1) is 16.6. The number of rotatable bonds is 5. The molecule has 0 bridgehead atoms. The van der Waals surface area contributed by atoms with Crippen molar-refractivity contribution in [3.8, 4) is 0 Å². The van der Waals surface area contributed by atoms with Crippen molar-refractivity contribution in [3.05, 3.63) is 59.2 Å². The van der Waals surface area contributed by atoms with E-state index in [1.54, 1.807) is 6.07 Å². The zero-order chi connectivity index (χ0) is 16.9. The summed E-state index contributed by atoms with van der Waals surface area (Å²) in [6.45, 7) is 3.58. The van der Waals surface area contributed by atoms with Crippen LogP contribution in [0, 0.1) is 6.92 Å². The topological polar surface area (TPSA) is 58.1 Å². The summed E-state index contributed by atoms with van der Waals surface area (Å²) in [5, 5.41) is 2.96. The minimum atomic E-state index is -0.127. The average molecular weight is 324 g/mol. The molecule has 3 rings (SSSR count). The highest BCUT2D eigenvalue weighted by Crippen LogP contribution is 2.28. The number of aromatic nitrogens is 2. The fourth-order valence-electron chi connectivity index (χ4n) is 3.15. The average Bonchev–Trinajstić information content (AvgIpc) is 3.01. The van der Waals surface area contributed by atoms with E-state index in [0.717, 1.165) is 37.3 Å². The van der Waals surface area contributed by atoms with Crippen LogP contribution in [-0.2, 0) is 6.42 Å². The number of carbonyl (C=O) groups is 1. The molecule has 24 heavy (non-hydrogen) atoms. The van der Waals surface area contributed by atoms with Gasteiger partial charge in [0.25, 0.3) is 5.91 Å². The Hall–Kier alpha value is -2.27. The lowest BCUT2D eigenvalue weighted by molar-refractivity contribution is 0.0948. The van der Waals surface area contributed by atoms with Crippen LogP contribution in [0.1, 0.15) is 46.5 Å². The van der Waals surface area contributed by atoms with Gasteiger partial charge < -0.3 is 5.32 Å². The van der Waals surface area contributed by atoms with Crippen LogP contribution in [0.4, 0.5) is 0 Å². The number of aryl methyl sites for hydroxylation is 1. The number of nitrogens with zero attached hydrogens (tertiary/aromatic N) is 3. The molecule has 1 N–H and O–H groups in total. The molecular weight excluding hydrogens is 300 g/mol. The summed E-state index contributed by atoms with van der Waals surface area (Å²) < 4.78 is 0. The first-order valence-electron chi connectivity index (χ1n) is 8.51. The lowest BCUT2D eigenvalue weighted by Crippen LogP contribution is -2.28. The fourth-order valence-corrected chi connectivity index (χ4v) is 3.15. The Morgan fingerprint density at radius 1 is 1.29 bits per heavy atom. The molecule has 1 aliphatic rings. The van der Waals surface area contributed by atoms with Crippen molar-refractivity contribution in [1.29, 1.82) is 0 Å². The minimum absolute atomic E-state index is 0.127. The molecule has 2 aromatic rings. The van der Waals surface area contributed by atoms with Gasteiger partial charge in [0, 0.05) is 12.2 Å². The number of benzene rings is 1. The summed E-state index contributed by atoms with van der Waals surface area (Å²) in [6.07, 6.45) is 3.01. The van der Waals surface area contributed by atoms with Gasteiger partial charge in [-0.1, -0.05) is 30.3 Å². The lowest BCUT2D eigenvalue weighted by atomic mass is 10.1. The number of amides is 1. The summed E-state index contributed by atoms with van der Waals surface area (Å²) in [7, 11) is 2.09. The number of likely N-dealkylation sites (tertiary alicyclic amines) is 1. The van der Waals surface area contributed by atoms with Gasteiger partial charge in [0.15, 0.2) is 0 Å². The molecule has 0 saturated carbocycles. The Morgan fingerprint density at radius 2 is 2.08 bits per heavy atom. The van der Waals surface area contributed by atoms with Gasteiger partial charge in [-0.25, -0.2) is 9.97 Å².